The van der Waals surface area contributed by atoms with Gasteiger partial charge in [-0.3, -0.25) is 4.99 Å². The van der Waals surface area contributed by atoms with Crippen molar-refractivity contribution in [2.24, 2.45) is 4.99 Å². The van der Waals surface area contributed by atoms with E-state index in [1.54, 1.807) is 0 Å². The fraction of sp³-hybridized carbons (Fsp3) is 0.261. The van der Waals surface area contributed by atoms with E-state index in [2.05, 4.69) is 60.4 Å². The quantitative estimate of drug-likeness (QED) is 0.596. The fourth-order valence-electron chi connectivity index (χ4n) is 3.84. The summed E-state index contributed by atoms with van der Waals surface area (Å²) in [6.07, 6.45) is 1.89. The zero-order chi connectivity index (χ0) is 17.9. The van der Waals surface area contributed by atoms with Crippen molar-refractivity contribution in [3.8, 4) is 0 Å². The Hall–Kier alpha value is -2.32. The van der Waals surface area contributed by atoms with E-state index in [0.29, 0.717) is 0 Å². The van der Waals surface area contributed by atoms with E-state index in [4.69, 9.17) is 16.6 Å². The van der Waals surface area contributed by atoms with Gasteiger partial charge in [0.25, 0.3) is 0 Å². The summed E-state index contributed by atoms with van der Waals surface area (Å²) in [4.78, 5) is 7.09. The Kier molecular flexibility index (Phi) is 4.94. The molecule has 0 fully saturated rings. The van der Waals surface area contributed by atoms with Crippen molar-refractivity contribution in [2.75, 3.05) is 19.6 Å². The molecule has 0 bridgehead atoms. The van der Waals surface area contributed by atoms with Gasteiger partial charge in [0, 0.05) is 23.7 Å². The first-order valence-electron chi connectivity index (χ1n) is 9.31. The van der Waals surface area contributed by atoms with Crippen molar-refractivity contribution in [1.29, 1.82) is 0 Å². The molecular weight excluding hydrogens is 340 g/mol. The van der Waals surface area contributed by atoms with Crippen molar-refractivity contribution in [3.05, 3.63) is 82.4 Å². The van der Waals surface area contributed by atoms with Crippen LogP contribution in [-0.4, -0.2) is 30.4 Å². The van der Waals surface area contributed by atoms with Crippen LogP contribution in [0.15, 0.2) is 65.7 Å². The number of amidine groups is 1. The molecule has 3 heteroatoms. The van der Waals surface area contributed by atoms with Crippen LogP contribution in [0.2, 0.25) is 5.02 Å². The molecule has 1 heterocycles. The minimum Gasteiger partial charge on any atom is -0.355 e. The van der Waals surface area contributed by atoms with Crippen molar-refractivity contribution in [2.45, 2.75) is 19.8 Å². The Labute approximate surface area is 160 Å². The minimum atomic E-state index is 0.841. The molecular formula is C23H23ClN2. The molecule has 0 aliphatic carbocycles. The van der Waals surface area contributed by atoms with E-state index in [1.165, 1.54) is 27.5 Å². The average Bonchev–Trinajstić information content (AvgIpc) is 3.15. The standard InChI is InChI=1S/C23H23ClN2/c1-2-26-16-15-25-23(26)21-11-6-12-22(24)20(21)14-13-18-9-5-8-17-7-3-4-10-19(17)18/h3-12H,2,13-16H2,1H3. The zero-order valence-corrected chi connectivity index (χ0v) is 15.8. The van der Waals surface area contributed by atoms with Crippen molar-refractivity contribution in [1.82, 2.24) is 4.90 Å². The summed E-state index contributed by atoms with van der Waals surface area (Å²) in [5.74, 6) is 1.10. The zero-order valence-electron chi connectivity index (χ0n) is 15.1. The van der Waals surface area contributed by atoms with Gasteiger partial charge in [-0.15, -0.1) is 0 Å². The lowest BCUT2D eigenvalue weighted by atomic mass is 9.95. The molecule has 0 aromatic heterocycles. The smallest absolute Gasteiger partial charge is 0.131 e. The highest BCUT2D eigenvalue weighted by Gasteiger charge is 2.20. The van der Waals surface area contributed by atoms with Gasteiger partial charge >= 0.3 is 0 Å². The van der Waals surface area contributed by atoms with Gasteiger partial charge in [0.05, 0.1) is 6.54 Å². The summed E-state index contributed by atoms with van der Waals surface area (Å²) in [5.41, 5.74) is 3.77. The number of aryl methyl sites for hydroxylation is 1. The van der Waals surface area contributed by atoms with E-state index in [-0.39, 0.29) is 0 Å². The van der Waals surface area contributed by atoms with Gasteiger partial charge < -0.3 is 4.90 Å². The first kappa shape index (κ1) is 17.1. The predicted molar refractivity (Wildman–Crippen MR) is 111 cm³/mol. The molecule has 132 valence electrons. The molecule has 0 saturated carbocycles. The largest absolute Gasteiger partial charge is 0.355 e. The van der Waals surface area contributed by atoms with Gasteiger partial charge in [0.1, 0.15) is 5.84 Å². The number of benzene rings is 3. The van der Waals surface area contributed by atoms with Crippen LogP contribution >= 0.6 is 11.6 Å². The van der Waals surface area contributed by atoms with Gasteiger partial charge in [-0.05, 0) is 47.7 Å². The molecule has 4 rings (SSSR count). The van der Waals surface area contributed by atoms with Crippen LogP contribution in [0.5, 0.6) is 0 Å². The Bertz CT molecular complexity index is 956. The number of nitrogens with zero attached hydrogens (tertiary/aromatic N) is 2. The lowest BCUT2D eigenvalue weighted by Gasteiger charge is -2.21. The second-order valence-corrected chi connectivity index (χ2v) is 7.10. The number of halogens is 1. The number of hydrogen-bond acceptors (Lipinski definition) is 2. The molecule has 0 N–H and O–H groups in total. The molecule has 0 radical (unpaired) electrons. The average molecular weight is 363 g/mol. The van der Waals surface area contributed by atoms with Crippen molar-refractivity contribution < 1.29 is 0 Å². The van der Waals surface area contributed by atoms with Gasteiger partial charge in [-0.25, -0.2) is 0 Å². The maximum Gasteiger partial charge on any atom is 0.131 e. The minimum absolute atomic E-state index is 0.841. The van der Waals surface area contributed by atoms with Crippen molar-refractivity contribution >= 4 is 28.2 Å². The normalized spacial score (nSPS) is 14.1. The summed E-state index contributed by atoms with van der Waals surface area (Å²) in [7, 11) is 0. The molecule has 0 atom stereocenters. The molecule has 0 saturated heterocycles. The first-order valence-corrected chi connectivity index (χ1v) is 9.69. The highest BCUT2D eigenvalue weighted by molar-refractivity contribution is 6.32. The molecule has 3 aromatic carbocycles. The molecule has 0 unspecified atom stereocenters. The van der Waals surface area contributed by atoms with E-state index < -0.39 is 0 Å². The molecule has 1 aliphatic rings. The Morgan fingerprint density at radius 3 is 2.65 bits per heavy atom. The Morgan fingerprint density at radius 2 is 1.77 bits per heavy atom. The maximum absolute atomic E-state index is 6.61. The molecule has 2 nitrogen and oxygen atoms in total. The summed E-state index contributed by atoms with van der Waals surface area (Å²) in [6, 6.07) is 21.3. The van der Waals surface area contributed by atoms with E-state index in [1.807, 2.05) is 12.1 Å². The number of hydrogen-bond donors (Lipinski definition) is 0. The van der Waals surface area contributed by atoms with E-state index in [9.17, 15) is 0 Å². The van der Waals surface area contributed by atoms with Gasteiger partial charge in [-0.2, -0.15) is 0 Å². The third-order valence-electron chi connectivity index (χ3n) is 5.20. The third-order valence-corrected chi connectivity index (χ3v) is 5.55. The van der Waals surface area contributed by atoms with Crippen LogP contribution in [-0.2, 0) is 12.8 Å². The van der Waals surface area contributed by atoms with Gasteiger partial charge in [0.15, 0.2) is 0 Å². The Morgan fingerprint density at radius 1 is 0.962 bits per heavy atom. The summed E-state index contributed by atoms with van der Waals surface area (Å²) >= 11 is 6.61. The molecule has 0 spiro atoms. The van der Waals surface area contributed by atoms with Gasteiger partial charge in [0.2, 0.25) is 0 Å². The summed E-state index contributed by atoms with van der Waals surface area (Å²) in [5, 5.41) is 3.46. The number of aliphatic imine (C=N–C) groups is 1. The Balaban J connectivity index is 1.66. The highest BCUT2D eigenvalue weighted by atomic mass is 35.5. The number of rotatable bonds is 5. The monoisotopic (exact) mass is 362 g/mol. The number of fused-ring (bicyclic) bond motifs is 1. The molecule has 26 heavy (non-hydrogen) atoms. The van der Waals surface area contributed by atoms with Crippen molar-refractivity contribution in [3.63, 3.8) is 0 Å². The van der Waals surface area contributed by atoms with Crippen LogP contribution in [0.4, 0.5) is 0 Å². The number of likely N-dealkylation sites (N-methyl/N-ethyl adjacent to an activating group) is 1. The topological polar surface area (TPSA) is 15.6 Å². The van der Waals surface area contributed by atoms with Crippen LogP contribution in [0.25, 0.3) is 10.8 Å². The first-order chi connectivity index (χ1) is 12.8. The van der Waals surface area contributed by atoms with Gasteiger partial charge in [-0.1, -0.05) is 66.2 Å². The van der Waals surface area contributed by atoms with E-state index in [0.717, 1.165) is 43.3 Å². The molecule has 0 amide bonds. The lowest BCUT2D eigenvalue weighted by molar-refractivity contribution is 0.483. The summed E-state index contributed by atoms with van der Waals surface area (Å²) < 4.78 is 0. The van der Waals surface area contributed by atoms with Crippen LogP contribution in [0.1, 0.15) is 23.6 Å². The van der Waals surface area contributed by atoms with Crippen LogP contribution in [0.3, 0.4) is 0 Å². The lowest BCUT2D eigenvalue weighted by Crippen LogP contribution is -2.29. The van der Waals surface area contributed by atoms with Crippen LogP contribution < -0.4 is 0 Å². The van der Waals surface area contributed by atoms with Crippen LogP contribution in [0, 0.1) is 0 Å². The molecule has 1 aliphatic heterocycles. The SMILES string of the molecule is CCN1CCN=C1c1cccc(Cl)c1CCc1cccc2ccccc12. The fourth-order valence-corrected chi connectivity index (χ4v) is 4.11. The van der Waals surface area contributed by atoms with E-state index >= 15 is 0 Å². The molecule has 3 aromatic rings. The summed E-state index contributed by atoms with van der Waals surface area (Å²) in [6.45, 7) is 5.04. The second-order valence-electron chi connectivity index (χ2n) is 6.69. The third kappa shape index (κ3) is 3.22. The highest BCUT2D eigenvalue weighted by Crippen LogP contribution is 2.27. The second kappa shape index (κ2) is 7.51. The maximum atomic E-state index is 6.61. The predicted octanol–water partition coefficient (Wildman–Crippen LogP) is 5.36.